The molecule has 4 aromatic heterocycles. The van der Waals surface area contributed by atoms with Crippen LogP contribution in [0.25, 0.3) is 135 Å². The standard InChI is InChI=1S/C59H34N4S2/c1-3-12-35(13-4-1)38-26-30-49-48(33-38)54-42-17-8-7-14-36(42)25-31-50(54)63(49)51-20-11-19-46-45-28-24-41(34-53(45)65-56(46)51)59-61-57(37-15-5-2-6-16-37)60-58(62-59)40-23-27-43-39(32-40)22-29-47-44-18-9-10-21-52(44)64-55(43)47/h1-34H. The summed E-state index contributed by atoms with van der Waals surface area (Å²) in [4.78, 5) is 15.5. The summed E-state index contributed by atoms with van der Waals surface area (Å²) in [5.41, 5.74) is 8.85. The van der Waals surface area contributed by atoms with Crippen LogP contribution in [0.3, 0.4) is 0 Å². The van der Waals surface area contributed by atoms with Gasteiger partial charge < -0.3 is 4.57 Å². The van der Waals surface area contributed by atoms with Crippen LogP contribution in [0.1, 0.15) is 0 Å². The zero-order valence-corrected chi connectivity index (χ0v) is 36.4. The molecule has 4 heterocycles. The normalized spacial score (nSPS) is 12.0. The molecule has 0 radical (unpaired) electrons. The minimum Gasteiger partial charge on any atom is -0.308 e. The lowest BCUT2D eigenvalue weighted by Crippen LogP contribution is -2.00. The number of thiophene rings is 2. The molecule has 10 aromatic carbocycles. The lowest BCUT2D eigenvalue weighted by molar-refractivity contribution is 1.08. The number of hydrogen-bond acceptors (Lipinski definition) is 5. The van der Waals surface area contributed by atoms with Gasteiger partial charge in [0.1, 0.15) is 0 Å². The molecule has 0 bridgehead atoms. The predicted molar refractivity (Wildman–Crippen MR) is 277 cm³/mol. The molecule has 0 aliphatic carbocycles. The SMILES string of the molecule is c1ccc(-c2ccc3c(c2)c2c4ccccc4ccc2n3-c2cccc3c2sc2cc(-c4nc(-c5ccccc5)nc(-c5ccc6c(ccc7c8ccccc8sc67)c5)n4)ccc23)cc1. The zero-order valence-electron chi connectivity index (χ0n) is 34.7. The Morgan fingerprint density at radius 1 is 0.308 bits per heavy atom. The minimum atomic E-state index is 0.650. The van der Waals surface area contributed by atoms with Crippen molar-refractivity contribution in [1.82, 2.24) is 19.5 Å². The van der Waals surface area contributed by atoms with Crippen molar-refractivity contribution in [2.24, 2.45) is 0 Å². The van der Waals surface area contributed by atoms with E-state index < -0.39 is 0 Å². The van der Waals surface area contributed by atoms with Gasteiger partial charge in [0.25, 0.3) is 0 Å². The quantitative estimate of drug-likeness (QED) is 0.173. The summed E-state index contributed by atoms with van der Waals surface area (Å²) < 4.78 is 7.51. The lowest BCUT2D eigenvalue weighted by atomic mass is 10.0. The van der Waals surface area contributed by atoms with Crippen LogP contribution in [0.5, 0.6) is 0 Å². The van der Waals surface area contributed by atoms with E-state index in [-0.39, 0.29) is 0 Å². The third kappa shape index (κ3) is 5.71. The summed E-state index contributed by atoms with van der Waals surface area (Å²) in [5.74, 6) is 1.95. The molecule has 0 aliphatic rings. The molecular weight excluding hydrogens is 829 g/mol. The maximum Gasteiger partial charge on any atom is 0.164 e. The van der Waals surface area contributed by atoms with Gasteiger partial charge in [-0.05, 0) is 75.1 Å². The number of rotatable bonds is 5. The van der Waals surface area contributed by atoms with Crippen LogP contribution in [0.2, 0.25) is 0 Å². The summed E-state index contributed by atoms with van der Waals surface area (Å²) >= 11 is 3.68. The predicted octanol–water partition coefficient (Wildman–Crippen LogP) is 16.7. The van der Waals surface area contributed by atoms with E-state index in [0.29, 0.717) is 17.5 Å². The molecule has 0 fully saturated rings. The summed E-state index contributed by atoms with van der Waals surface area (Å²) in [7, 11) is 0. The molecular formula is C59H34N4S2. The molecule has 14 aromatic rings. The van der Waals surface area contributed by atoms with Crippen molar-refractivity contribution in [3.63, 3.8) is 0 Å². The monoisotopic (exact) mass is 862 g/mol. The molecule has 302 valence electrons. The smallest absolute Gasteiger partial charge is 0.164 e. The van der Waals surface area contributed by atoms with Crippen molar-refractivity contribution < 1.29 is 0 Å². The molecule has 0 saturated heterocycles. The fraction of sp³-hybridized carbons (Fsp3) is 0. The van der Waals surface area contributed by atoms with E-state index >= 15 is 0 Å². The Balaban J connectivity index is 0.934. The topological polar surface area (TPSA) is 43.6 Å². The first-order valence-corrected chi connectivity index (χ1v) is 23.5. The Bertz CT molecular complexity index is 4240. The Kier molecular flexibility index (Phi) is 7.99. The van der Waals surface area contributed by atoms with Crippen LogP contribution < -0.4 is 0 Å². The van der Waals surface area contributed by atoms with Crippen molar-refractivity contribution in [1.29, 1.82) is 0 Å². The van der Waals surface area contributed by atoms with Crippen molar-refractivity contribution in [3.05, 3.63) is 206 Å². The van der Waals surface area contributed by atoms with E-state index in [9.17, 15) is 0 Å². The van der Waals surface area contributed by atoms with Gasteiger partial charge in [-0.2, -0.15) is 0 Å². The fourth-order valence-corrected chi connectivity index (χ4v) is 12.4. The number of hydrogen-bond donors (Lipinski definition) is 0. The third-order valence-corrected chi connectivity index (χ3v) is 15.4. The third-order valence-electron chi connectivity index (χ3n) is 13.0. The Morgan fingerprint density at radius 3 is 1.72 bits per heavy atom. The van der Waals surface area contributed by atoms with Crippen molar-refractivity contribution >= 4 is 106 Å². The highest BCUT2D eigenvalue weighted by Gasteiger charge is 2.20. The largest absolute Gasteiger partial charge is 0.308 e. The molecule has 14 rings (SSSR count). The first-order chi connectivity index (χ1) is 32.2. The number of benzene rings is 10. The lowest BCUT2D eigenvalue weighted by Gasteiger charge is -2.10. The Labute approximate surface area is 381 Å². The maximum absolute atomic E-state index is 5.23. The van der Waals surface area contributed by atoms with Gasteiger partial charge in [-0.25, -0.2) is 15.0 Å². The number of aromatic nitrogens is 4. The molecule has 0 atom stereocenters. The van der Waals surface area contributed by atoms with E-state index in [1.807, 2.05) is 40.9 Å². The first-order valence-electron chi connectivity index (χ1n) is 21.8. The first kappa shape index (κ1) is 36.5. The van der Waals surface area contributed by atoms with Gasteiger partial charge in [0.05, 0.1) is 21.4 Å². The molecule has 0 amide bonds. The Hall–Kier alpha value is -8.03. The highest BCUT2D eigenvalue weighted by molar-refractivity contribution is 7.27. The van der Waals surface area contributed by atoms with E-state index in [4.69, 9.17) is 15.0 Å². The van der Waals surface area contributed by atoms with Crippen LogP contribution in [-0.2, 0) is 0 Å². The van der Waals surface area contributed by atoms with Crippen LogP contribution in [0.4, 0.5) is 0 Å². The van der Waals surface area contributed by atoms with Gasteiger partial charge in [0, 0.05) is 63.1 Å². The average Bonchev–Trinajstić information content (AvgIpc) is 4.06. The van der Waals surface area contributed by atoms with E-state index in [1.54, 1.807) is 0 Å². The molecule has 0 saturated carbocycles. The second kappa shape index (κ2) is 14.2. The van der Waals surface area contributed by atoms with Gasteiger partial charge in [0.2, 0.25) is 0 Å². The number of fused-ring (bicyclic) bond motifs is 13. The van der Waals surface area contributed by atoms with E-state index in [0.717, 1.165) is 16.7 Å². The van der Waals surface area contributed by atoms with E-state index in [1.165, 1.54) is 101 Å². The Morgan fingerprint density at radius 2 is 0.892 bits per heavy atom. The number of nitrogens with zero attached hydrogens (tertiary/aromatic N) is 4. The molecule has 0 spiro atoms. The van der Waals surface area contributed by atoms with Gasteiger partial charge in [-0.15, -0.1) is 22.7 Å². The zero-order chi connectivity index (χ0) is 42.6. The molecule has 0 aliphatic heterocycles. The van der Waals surface area contributed by atoms with Crippen molar-refractivity contribution in [2.75, 3.05) is 0 Å². The highest BCUT2D eigenvalue weighted by Crippen LogP contribution is 2.45. The minimum absolute atomic E-state index is 0.650. The van der Waals surface area contributed by atoms with Gasteiger partial charge in [-0.3, -0.25) is 0 Å². The fourth-order valence-electron chi connectivity index (χ4n) is 9.96. The highest BCUT2D eigenvalue weighted by atomic mass is 32.1. The van der Waals surface area contributed by atoms with Crippen LogP contribution >= 0.6 is 22.7 Å². The summed E-state index contributed by atoms with van der Waals surface area (Å²) in [6, 6.07) is 74.4. The maximum atomic E-state index is 5.23. The van der Waals surface area contributed by atoms with E-state index in [2.05, 4.69) is 193 Å². The second-order valence-electron chi connectivity index (χ2n) is 16.7. The van der Waals surface area contributed by atoms with Crippen LogP contribution in [0, 0.1) is 0 Å². The van der Waals surface area contributed by atoms with Gasteiger partial charge in [-0.1, -0.05) is 164 Å². The molecule has 65 heavy (non-hydrogen) atoms. The molecule has 6 heteroatoms. The van der Waals surface area contributed by atoms with Gasteiger partial charge >= 0.3 is 0 Å². The molecule has 0 unspecified atom stereocenters. The van der Waals surface area contributed by atoms with Crippen LogP contribution in [-0.4, -0.2) is 19.5 Å². The van der Waals surface area contributed by atoms with Crippen molar-refractivity contribution in [3.8, 4) is 51.0 Å². The molecule has 0 N–H and O–H groups in total. The van der Waals surface area contributed by atoms with Gasteiger partial charge in [0.15, 0.2) is 17.5 Å². The average molecular weight is 863 g/mol. The van der Waals surface area contributed by atoms with Crippen LogP contribution in [0.15, 0.2) is 206 Å². The summed E-state index contributed by atoms with van der Waals surface area (Å²) in [6.45, 7) is 0. The van der Waals surface area contributed by atoms with Crippen molar-refractivity contribution in [2.45, 2.75) is 0 Å². The molecule has 4 nitrogen and oxygen atoms in total. The second-order valence-corrected chi connectivity index (χ2v) is 18.8. The summed E-state index contributed by atoms with van der Waals surface area (Å²) in [6.07, 6.45) is 0. The summed E-state index contributed by atoms with van der Waals surface area (Å²) in [5, 5.41) is 12.5.